The van der Waals surface area contributed by atoms with Crippen molar-refractivity contribution in [1.82, 2.24) is 15.3 Å². The van der Waals surface area contributed by atoms with Crippen molar-refractivity contribution in [3.8, 4) is 11.3 Å². The van der Waals surface area contributed by atoms with E-state index in [1.807, 2.05) is 6.20 Å². The van der Waals surface area contributed by atoms with E-state index in [-0.39, 0.29) is 0 Å². The van der Waals surface area contributed by atoms with E-state index < -0.39 is 0 Å². The van der Waals surface area contributed by atoms with E-state index in [2.05, 4.69) is 51.0 Å². The minimum atomic E-state index is 0.364. The van der Waals surface area contributed by atoms with Crippen LogP contribution in [0.2, 0.25) is 0 Å². The first-order valence-electron chi connectivity index (χ1n) is 7.76. The number of piperazine rings is 1. The Kier molecular flexibility index (Phi) is 4.68. The van der Waals surface area contributed by atoms with Crippen LogP contribution >= 0.6 is 0 Å². The van der Waals surface area contributed by atoms with Crippen LogP contribution in [0.4, 0.5) is 5.69 Å². The molecule has 2 aromatic rings. The van der Waals surface area contributed by atoms with Crippen molar-refractivity contribution in [2.45, 2.75) is 0 Å². The van der Waals surface area contributed by atoms with E-state index in [0.717, 1.165) is 43.3 Å². The first-order valence-corrected chi connectivity index (χ1v) is 7.76. The van der Waals surface area contributed by atoms with Gasteiger partial charge in [-0.3, -0.25) is 0 Å². The fourth-order valence-electron chi connectivity index (χ4n) is 2.58. The summed E-state index contributed by atoms with van der Waals surface area (Å²) >= 11 is 0. The molecule has 1 fully saturated rings. The second kappa shape index (κ2) is 7.07. The Hall–Kier alpha value is -2.66. The van der Waals surface area contributed by atoms with Gasteiger partial charge in [-0.2, -0.15) is 0 Å². The van der Waals surface area contributed by atoms with Gasteiger partial charge >= 0.3 is 0 Å². The maximum atomic E-state index is 7.52. The maximum absolute atomic E-state index is 7.52. The molecule has 1 aliphatic rings. The van der Waals surface area contributed by atoms with Crippen LogP contribution in [0.15, 0.2) is 49.2 Å². The minimum Gasteiger partial charge on any atom is -0.369 e. The number of imidazole rings is 1. The number of rotatable bonds is 5. The quantitative estimate of drug-likeness (QED) is 0.744. The highest BCUT2D eigenvalue weighted by Crippen LogP contribution is 2.22. The van der Waals surface area contributed by atoms with Crippen LogP contribution in [0, 0.1) is 5.41 Å². The zero-order valence-corrected chi connectivity index (χ0v) is 13.0. The molecule has 0 atom stereocenters. The molecule has 1 aromatic heterocycles. The number of aromatic nitrogens is 2. The first-order chi connectivity index (χ1) is 11.3. The summed E-state index contributed by atoms with van der Waals surface area (Å²) in [6.07, 6.45) is 6.76. The summed E-state index contributed by atoms with van der Waals surface area (Å²) < 4.78 is 0. The normalized spacial score (nSPS) is 15.0. The van der Waals surface area contributed by atoms with Gasteiger partial charge in [0.15, 0.2) is 0 Å². The van der Waals surface area contributed by atoms with Gasteiger partial charge in [0.2, 0.25) is 0 Å². The summed E-state index contributed by atoms with van der Waals surface area (Å²) in [5.41, 5.74) is 3.70. The Morgan fingerprint density at radius 3 is 2.65 bits per heavy atom. The fourth-order valence-corrected chi connectivity index (χ4v) is 2.58. The first kappa shape index (κ1) is 15.2. The van der Waals surface area contributed by atoms with Gasteiger partial charge in [0.25, 0.3) is 0 Å². The van der Waals surface area contributed by atoms with E-state index in [9.17, 15) is 0 Å². The molecule has 0 radical (unpaired) electrons. The number of hydrogen-bond acceptors (Lipinski definition) is 4. The average Bonchev–Trinajstić information content (AvgIpc) is 3.09. The van der Waals surface area contributed by atoms with Gasteiger partial charge in [0, 0.05) is 31.9 Å². The minimum absolute atomic E-state index is 0.364. The molecular weight excluding hydrogens is 286 g/mol. The number of nitrogens with zero attached hydrogens (tertiary/aromatic N) is 2. The molecule has 0 aliphatic carbocycles. The van der Waals surface area contributed by atoms with Crippen LogP contribution in [0.1, 0.15) is 5.82 Å². The Balaban J connectivity index is 1.72. The third-order valence-corrected chi connectivity index (χ3v) is 3.90. The molecule has 5 heteroatoms. The molecule has 5 nitrogen and oxygen atoms in total. The van der Waals surface area contributed by atoms with Crippen molar-refractivity contribution in [2.24, 2.45) is 0 Å². The smallest absolute Gasteiger partial charge is 0.130 e. The van der Waals surface area contributed by atoms with E-state index in [4.69, 9.17) is 5.41 Å². The van der Waals surface area contributed by atoms with Gasteiger partial charge in [-0.05, 0) is 35.9 Å². The highest BCUT2D eigenvalue weighted by atomic mass is 15.2. The lowest BCUT2D eigenvalue weighted by atomic mass is 10.1. The van der Waals surface area contributed by atoms with Crippen LogP contribution in [0.25, 0.3) is 17.3 Å². The van der Waals surface area contributed by atoms with Crippen molar-refractivity contribution in [3.63, 3.8) is 0 Å². The Bertz CT molecular complexity index is 705. The van der Waals surface area contributed by atoms with Crippen molar-refractivity contribution in [3.05, 3.63) is 55.0 Å². The molecule has 3 rings (SSSR count). The lowest BCUT2D eigenvalue weighted by Gasteiger charge is -2.29. The van der Waals surface area contributed by atoms with Gasteiger partial charge in [-0.1, -0.05) is 18.7 Å². The summed E-state index contributed by atoms with van der Waals surface area (Å²) in [6.45, 7) is 7.74. The average molecular weight is 307 g/mol. The van der Waals surface area contributed by atoms with Crippen molar-refractivity contribution < 1.29 is 0 Å². The predicted molar refractivity (Wildman–Crippen MR) is 96.1 cm³/mol. The van der Waals surface area contributed by atoms with Gasteiger partial charge < -0.3 is 20.6 Å². The SMILES string of the molecule is C=CC(=N)/C=C\c1ncc(-c2ccc(N3CCNCC3)cc2)[nH]1. The lowest BCUT2D eigenvalue weighted by Crippen LogP contribution is -2.43. The highest BCUT2D eigenvalue weighted by Gasteiger charge is 2.10. The molecule has 118 valence electrons. The number of H-pyrrole nitrogens is 1. The molecular formula is C18H21N5. The Labute approximate surface area is 136 Å². The van der Waals surface area contributed by atoms with Gasteiger partial charge in [0.05, 0.1) is 17.6 Å². The topological polar surface area (TPSA) is 67.8 Å². The monoisotopic (exact) mass is 307 g/mol. The highest BCUT2D eigenvalue weighted by molar-refractivity contribution is 6.03. The number of nitrogens with one attached hydrogen (secondary N) is 3. The third-order valence-electron chi connectivity index (χ3n) is 3.90. The summed E-state index contributed by atoms with van der Waals surface area (Å²) in [7, 11) is 0. The van der Waals surface area contributed by atoms with E-state index in [1.165, 1.54) is 11.8 Å². The third kappa shape index (κ3) is 3.76. The molecule has 0 spiro atoms. The standard InChI is InChI=1S/C18H21N5/c1-2-15(19)5-8-18-21-13-17(22-18)14-3-6-16(7-4-14)23-11-9-20-10-12-23/h2-8,13,19-20H,1,9-12H2,(H,21,22)/b8-5-,19-15?. The van der Waals surface area contributed by atoms with Gasteiger partial charge in [-0.15, -0.1) is 0 Å². The number of benzene rings is 1. The summed E-state index contributed by atoms with van der Waals surface area (Å²) in [4.78, 5) is 9.97. The van der Waals surface area contributed by atoms with E-state index in [1.54, 1.807) is 12.2 Å². The van der Waals surface area contributed by atoms with Crippen LogP contribution in [-0.4, -0.2) is 41.9 Å². The van der Waals surface area contributed by atoms with Crippen LogP contribution in [0.3, 0.4) is 0 Å². The van der Waals surface area contributed by atoms with Gasteiger partial charge in [-0.25, -0.2) is 4.98 Å². The zero-order chi connectivity index (χ0) is 16.1. The Morgan fingerprint density at radius 2 is 1.96 bits per heavy atom. The van der Waals surface area contributed by atoms with Crippen molar-refractivity contribution >= 4 is 17.5 Å². The molecule has 0 bridgehead atoms. The molecule has 1 aromatic carbocycles. The van der Waals surface area contributed by atoms with E-state index >= 15 is 0 Å². The molecule has 1 saturated heterocycles. The molecule has 3 N–H and O–H groups in total. The molecule has 1 aliphatic heterocycles. The van der Waals surface area contributed by atoms with Crippen LogP contribution in [-0.2, 0) is 0 Å². The zero-order valence-electron chi connectivity index (χ0n) is 13.0. The van der Waals surface area contributed by atoms with E-state index in [0.29, 0.717) is 5.71 Å². The van der Waals surface area contributed by atoms with Crippen molar-refractivity contribution in [2.75, 3.05) is 31.1 Å². The van der Waals surface area contributed by atoms with Crippen LogP contribution in [0.5, 0.6) is 0 Å². The second-order valence-corrected chi connectivity index (χ2v) is 5.46. The molecule has 23 heavy (non-hydrogen) atoms. The molecule has 0 saturated carbocycles. The molecule has 0 amide bonds. The molecule has 2 heterocycles. The molecule has 0 unspecified atom stereocenters. The Morgan fingerprint density at radius 1 is 1.22 bits per heavy atom. The van der Waals surface area contributed by atoms with Gasteiger partial charge in [0.1, 0.15) is 5.82 Å². The fraction of sp³-hybridized carbons (Fsp3) is 0.222. The predicted octanol–water partition coefficient (Wildman–Crippen LogP) is 2.71. The largest absolute Gasteiger partial charge is 0.369 e. The van der Waals surface area contributed by atoms with Crippen LogP contribution < -0.4 is 10.2 Å². The summed E-state index contributed by atoms with van der Waals surface area (Å²) in [5.74, 6) is 0.734. The number of allylic oxidation sites excluding steroid dienone is 2. The number of aromatic amines is 1. The summed E-state index contributed by atoms with van der Waals surface area (Å²) in [6, 6.07) is 8.54. The summed E-state index contributed by atoms with van der Waals surface area (Å²) in [5, 5.41) is 10.9. The number of hydrogen-bond donors (Lipinski definition) is 3. The second-order valence-electron chi connectivity index (χ2n) is 5.46. The van der Waals surface area contributed by atoms with Crippen molar-refractivity contribution in [1.29, 1.82) is 5.41 Å². The lowest BCUT2D eigenvalue weighted by molar-refractivity contribution is 0.589. The maximum Gasteiger partial charge on any atom is 0.130 e. The number of anilines is 1.